The summed E-state index contributed by atoms with van der Waals surface area (Å²) in [6, 6.07) is 0. The maximum absolute atomic E-state index is 13.4. The zero-order chi connectivity index (χ0) is 30.2. The predicted molar refractivity (Wildman–Crippen MR) is 168 cm³/mol. The van der Waals surface area contributed by atoms with Gasteiger partial charge in [0.2, 0.25) is 0 Å². The van der Waals surface area contributed by atoms with Crippen LogP contribution in [0.1, 0.15) is 120 Å². The number of hydrogen-bond acceptors (Lipinski definition) is 4. The van der Waals surface area contributed by atoms with Gasteiger partial charge in [-0.3, -0.25) is 4.79 Å². The van der Waals surface area contributed by atoms with Crippen LogP contribution < -0.4 is 0 Å². The van der Waals surface area contributed by atoms with Gasteiger partial charge in [-0.1, -0.05) is 60.1 Å². The molecule has 0 amide bonds. The van der Waals surface area contributed by atoms with Crippen LogP contribution in [0.15, 0.2) is 11.6 Å². The van der Waals surface area contributed by atoms with E-state index in [0.29, 0.717) is 23.9 Å². The van der Waals surface area contributed by atoms with Crippen molar-refractivity contribution in [2.75, 3.05) is 0 Å². The van der Waals surface area contributed by atoms with E-state index in [1.807, 2.05) is 0 Å². The fraction of sp³-hybridized carbons (Fsp3) is 0.917. The third-order valence-electron chi connectivity index (χ3n) is 15.5. The van der Waals surface area contributed by atoms with Crippen LogP contribution in [0.3, 0.4) is 0 Å². The molecule has 0 aromatic carbocycles. The molecule has 1 spiro atoms. The molecule has 12 atom stereocenters. The van der Waals surface area contributed by atoms with Gasteiger partial charge in [0.25, 0.3) is 0 Å². The summed E-state index contributed by atoms with van der Waals surface area (Å²) in [7, 11) is -1.85. The molecule has 0 aromatic rings. The second kappa shape index (κ2) is 8.96. The summed E-state index contributed by atoms with van der Waals surface area (Å²) in [4.78, 5) is 13.4. The van der Waals surface area contributed by atoms with E-state index in [4.69, 9.17) is 9.16 Å². The van der Waals surface area contributed by atoms with E-state index in [9.17, 15) is 9.90 Å². The molecule has 1 N–H and O–H groups in total. The van der Waals surface area contributed by atoms with Crippen LogP contribution >= 0.6 is 0 Å². The number of rotatable bonds is 5. The van der Waals surface area contributed by atoms with Crippen molar-refractivity contribution in [1.29, 1.82) is 0 Å². The highest BCUT2D eigenvalue weighted by Gasteiger charge is 2.89. The van der Waals surface area contributed by atoms with Crippen molar-refractivity contribution in [3.05, 3.63) is 11.6 Å². The smallest absolute Gasteiger partial charge is 0.313 e. The first kappa shape index (κ1) is 30.4. The zero-order valence-corrected chi connectivity index (χ0v) is 29.2. The van der Waals surface area contributed by atoms with Gasteiger partial charge in [-0.15, -0.1) is 0 Å². The number of carbonyl (C=O) groups is 1. The van der Waals surface area contributed by atoms with Gasteiger partial charge in [0.15, 0.2) is 8.32 Å². The molecule has 6 fully saturated rings. The third kappa shape index (κ3) is 3.73. The second-order valence-corrected chi connectivity index (χ2v) is 23.1. The average Bonchev–Trinajstić information content (AvgIpc) is 3.37. The Hall–Kier alpha value is -0.653. The van der Waals surface area contributed by atoms with Crippen molar-refractivity contribution >= 4 is 14.3 Å². The summed E-state index contributed by atoms with van der Waals surface area (Å²) in [6.07, 6.45) is 11.7. The first-order valence-electron chi connectivity index (χ1n) is 17.0. The Morgan fingerprint density at radius 2 is 1.80 bits per heavy atom. The molecule has 232 valence electrons. The molecule has 0 radical (unpaired) electrons. The molecule has 6 rings (SSSR count). The van der Waals surface area contributed by atoms with Gasteiger partial charge in [0.05, 0.1) is 11.5 Å². The Kier molecular flexibility index (Phi) is 6.64. The molecule has 1 aliphatic heterocycles. The zero-order valence-electron chi connectivity index (χ0n) is 28.2. The molecule has 0 aromatic heterocycles. The first-order valence-corrected chi connectivity index (χ1v) is 19.9. The second-order valence-electron chi connectivity index (χ2n) is 18.4. The highest BCUT2D eigenvalue weighted by molar-refractivity contribution is 6.74. The van der Waals surface area contributed by atoms with Crippen molar-refractivity contribution in [1.82, 2.24) is 0 Å². The van der Waals surface area contributed by atoms with E-state index in [0.717, 1.165) is 44.9 Å². The number of esters is 1. The molecule has 1 saturated heterocycles. The van der Waals surface area contributed by atoms with Gasteiger partial charge in [-0.2, -0.15) is 0 Å². The van der Waals surface area contributed by atoms with Crippen LogP contribution in [0.4, 0.5) is 0 Å². The SMILES string of the molecule is CC(C)=CCC[C@@]12C[C@@]13[C@H](C[C@@]1(C)[C@H]3C[C@@H](O)[C@H]3[C@@]4(C)CC[C@@H](O[Si](C)(C)C(C)(C)C)[C@@H](C)[C@@H]4CC[C@@]31C)OC2=O. The van der Waals surface area contributed by atoms with Crippen LogP contribution in [-0.2, 0) is 14.0 Å². The number of hydrogen-bond donors (Lipinski definition) is 1. The Labute approximate surface area is 251 Å². The summed E-state index contributed by atoms with van der Waals surface area (Å²) in [5, 5.41) is 12.5. The quantitative estimate of drug-likeness (QED) is 0.200. The fourth-order valence-electron chi connectivity index (χ4n) is 12.3. The van der Waals surface area contributed by atoms with Crippen molar-refractivity contribution < 1.29 is 19.1 Å². The maximum atomic E-state index is 13.4. The van der Waals surface area contributed by atoms with Gasteiger partial charge in [-0.25, -0.2) is 0 Å². The Morgan fingerprint density at radius 1 is 1.12 bits per heavy atom. The maximum Gasteiger partial charge on any atom is 0.313 e. The number of aliphatic hydroxyl groups is 1. The highest BCUT2D eigenvalue weighted by atomic mass is 28.4. The molecule has 6 aliphatic rings. The standard InChI is InChI=1S/C36H60O4Si/c1-22(2)13-12-16-35-21-36(35)27-19-25(37)29-32(7)17-15-26(40-41(10,11)31(4,5)6)23(3)24(32)14-18-33(29,8)34(27,9)20-28(36)39-30(35)38/h13,23-29,37H,12,14-21H2,1-11H3/t23-,24-,25+,26+,27+,28-,29-,32-,33-,34-,35-,36+/m0/s1. The summed E-state index contributed by atoms with van der Waals surface area (Å²) in [5.41, 5.74) is 1.21. The molecule has 0 bridgehead atoms. The first-order chi connectivity index (χ1) is 18.8. The third-order valence-corrected chi connectivity index (χ3v) is 20.0. The summed E-state index contributed by atoms with van der Waals surface area (Å²) in [5.74, 6) is 1.82. The number of fused-ring (bicyclic) bond motifs is 5. The molecule has 0 unspecified atom stereocenters. The summed E-state index contributed by atoms with van der Waals surface area (Å²) >= 11 is 0. The lowest BCUT2D eigenvalue weighted by atomic mass is 9.36. The van der Waals surface area contributed by atoms with Gasteiger partial charge < -0.3 is 14.3 Å². The number of aliphatic hydroxyl groups excluding tert-OH is 1. The van der Waals surface area contributed by atoms with Gasteiger partial charge in [-0.05, 0) is 130 Å². The lowest BCUT2D eigenvalue weighted by molar-refractivity contribution is -0.240. The molecule has 5 aliphatic carbocycles. The largest absolute Gasteiger partial charge is 0.461 e. The Morgan fingerprint density at radius 3 is 2.44 bits per heavy atom. The lowest BCUT2D eigenvalue weighted by Gasteiger charge is -2.69. The van der Waals surface area contributed by atoms with E-state index in [2.05, 4.69) is 81.5 Å². The number of allylic oxidation sites excluding steroid dienone is 2. The van der Waals surface area contributed by atoms with E-state index < -0.39 is 8.32 Å². The van der Waals surface area contributed by atoms with Gasteiger partial charge in [0, 0.05) is 11.5 Å². The topological polar surface area (TPSA) is 55.8 Å². The molecular weight excluding hydrogens is 524 g/mol. The minimum Gasteiger partial charge on any atom is -0.461 e. The monoisotopic (exact) mass is 584 g/mol. The Balaban J connectivity index is 1.29. The van der Waals surface area contributed by atoms with Gasteiger partial charge >= 0.3 is 5.97 Å². The van der Waals surface area contributed by atoms with Crippen molar-refractivity contribution in [3.8, 4) is 0 Å². The number of carbonyl (C=O) groups excluding carboxylic acids is 1. The molecule has 41 heavy (non-hydrogen) atoms. The molecule has 5 saturated carbocycles. The van der Waals surface area contributed by atoms with E-state index >= 15 is 0 Å². The van der Waals surface area contributed by atoms with E-state index in [1.165, 1.54) is 18.4 Å². The van der Waals surface area contributed by atoms with E-state index in [-0.39, 0.29) is 56.2 Å². The van der Waals surface area contributed by atoms with Crippen molar-refractivity contribution in [2.45, 2.75) is 157 Å². The normalized spacial score (nSPS) is 52.0. The van der Waals surface area contributed by atoms with Gasteiger partial charge in [0.1, 0.15) is 6.10 Å². The molecule has 5 heteroatoms. The van der Waals surface area contributed by atoms with E-state index in [1.54, 1.807) is 0 Å². The van der Waals surface area contributed by atoms with Crippen LogP contribution in [-0.4, -0.2) is 37.7 Å². The predicted octanol–water partition coefficient (Wildman–Crippen LogP) is 8.68. The average molecular weight is 585 g/mol. The van der Waals surface area contributed by atoms with Crippen molar-refractivity contribution in [2.24, 2.45) is 50.7 Å². The summed E-state index contributed by atoms with van der Waals surface area (Å²) < 4.78 is 13.4. The van der Waals surface area contributed by atoms with Crippen LogP contribution in [0, 0.1) is 50.7 Å². The minimum absolute atomic E-state index is 0.0395. The van der Waals surface area contributed by atoms with Crippen LogP contribution in [0.2, 0.25) is 18.1 Å². The number of ether oxygens (including phenoxy) is 1. The highest BCUT2D eigenvalue weighted by Crippen LogP contribution is 2.88. The molecular formula is C36H60O4Si. The molecule has 4 nitrogen and oxygen atoms in total. The summed E-state index contributed by atoms with van der Waals surface area (Å²) in [6.45, 7) is 26.2. The Bertz CT molecular complexity index is 1130. The lowest BCUT2D eigenvalue weighted by Crippen LogP contribution is -2.66. The van der Waals surface area contributed by atoms with Crippen molar-refractivity contribution in [3.63, 3.8) is 0 Å². The molecule has 1 heterocycles. The fourth-order valence-corrected chi connectivity index (χ4v) is 13.7. The van der Waals surface area contributed by atoms with Crippen LogP contribution in [0.5, 0.6) is 0 Å². The van der Waals surface area contributed by atoms with Crippen LogP contribution in [0.25, 0.3) is 0 Å². The minimum atomic E-state index is -1.85.